The van der Waals surface area contributed by atoms with Gasteiger partial charge in [-0.2, -0.15) is 0 Å². The van der Waals surface area contributed by atoms with Crippen molar-refractivity contribution in [2.75, 3.05) is 0 Å². The summed E-state index contributed by atoms with van der Waals surface area (Å²) < 4.78 is 39.3. The topological polar surface area (TPSA) is 199 Å². The van der Waals surface area contributed by atoms with E-state index in [2.05, 4.69) is 81.6 Å². The molecular formula is C44H76N2O13Si4. The van der Waals surface area contributed by atoms with Gasteiger partial charge in [-0.3, -0.25) is 20.2 Å². The lowest BCUT2D eigenvalue weighted by Gasteiger charge is -2.54. The van der Waals surface area contributed by atoms with E-state index in [0.29, 0.717) is 19.3 Å². The molecule has 15 nitrogen and oxygen atoms in total. The third kappa shape index (κ3) is 13.8. The van der Waals surface area contributed by atoms with Gasteiger partial charge in [-0.05, 0) is 116 Å². The number of nitro groups is 2. The molecule has 0 bridgehead atoms. The third-order valence-corrected chi connectivity index (χ3v) is 30.5. The van der Waals surface area contributed by atoms with Crippen LogP contribution in [0.2, 0.25) is 72.5 Å². The van der Waals surface area contributed by atoms with Crippen molar-refractivity contribution in [1.82, 2.24) is 0 Å². The van der Waals surface area contributed by atoms with Gasteiger partial charge in [0.1, 0.15) is 12.4 Å². The van der Waals surface area contributed by atoms with E-state index >= 15 is 0 Å². The number of hydrogen-bond acceptors (Lipinski definition) is 13. The van der Waals surface area contributed by atoms with E-state index in [9.17, 15) is 34.6 Å². The number of nitrogens with zero attached hydrogens (tertiary/aromatic N) is 2. The lowest BCUT2D eigenvalue weighted by Crippen LogP contribution is -2.64. The average molecular weight is 953 g/mol. The van der Waals surface area contributed by atoms with Crippen molar-refractivity contribution >= 4 is 50.8 Å². The maximum absolute atomic E-state index is 12.8. The zero-order valence-corrected chi connectivity index (χ0v) is 45.0. The van der Waals surface area contributed by atoms with Gasteiger partial charge in [0.05, 0.1) is 28.2 Å². The molecule has 2 aromatic carbocycles. The molecule has 2 unspecified atom stereocenters. The Labute approximate surface area is 379 Å². The van der Waals surface area contributed by atoms with Crippen LogP contribution < -0.4 is 9.47 Å². The van der Waals surface area contributed by atoms with E-state index in [1.807, 2.05) is 40.0 Å². The van der Waals surface area contributed by atoms with E-state index in [-0.39, 0.29) is 45.1 Å². The first kappa shape index (κ1) is 54.3. The highest BCUT2D eigenvalue weighted by atomic mass is 28.4. The second-order valence-corrected chi connectivity index (χ2v) is 41.0. The SMILES string of the molecule is CC(C)(CCC1O[C@@H](Oc2ccc(COC(=O)Oc3ccc([N+](=O)[O-])cc3)cc2[N+](=O)[O-])[C@@H](CC(C)(C)[Si](C)(C)O)C(O[Si](C)(C)C(C)(C)C)[C@H]1O[Si](C)(C)C(C)(C)C)[Si](C)(C)O. The number of carbonyl (C=O) groups excluding carboxylic acids is 1. The largest absolute Gasteiger partial charge is 0.514 e. The van der Waals surface area contributed by atoms with E-state index < -0.39 is 89.9 Å². The van der Waals surface area contributed by atoms with E-state index in [0.717, 1.165) is 0 Å². The molecule has 19 heteroatoms. The number of rotatable bonds is 18. The molecule has 356 valence electrons. The lowest BCUT2D eigenvalue weighted by molar-refractivity contribution is -0.387. The molecule has 2 N–H and O–H groups in total. The van der Waals surface area contributed by atoms with Crippen molar-refractivity contribution in [3.63, 3.8) is 0 Å². The number of non-ortho nitro benzene ring substituents is 1. The van der Waals surface area contributed by atoms with E-state index in [1.54, 1.807) is 6.07 Å². The molecule has 0 aliphatic carbocycles. The Morgan fingerprint density at radius 2 is 1.24 bits per heavy atom. The quantitative estimate of drug-likeness (QED) is 0.0471. The predicted octanol–water partition coefficient (Wildman–Crippen LogP) is 11.8. The summed E-state index contributed by atoms with van der Waals surface area (Å²) in [6.45, 7) is 37.4. The summed E-state index contributed by atoms with van der Waals surface area (Å²) in [6, 6.07) is 9.15. The first-order valence-electron chi connectivity index (χ1n) is 21.8. The molecule has 1 heterocycles. The highest BCUT2D eigenvalue weighted by molar-refractivity contribution is 6.75. The van der Waals surface area contributed by atoms with Gasteiger partial charge in [0.15, 0.2) is 39.0 Å². The maximum atomic E-state index is 12.8. The van der Waals surface area contributed by atoms with Crippen molar-refractivity contribution in [3.8, 4) is 11.5 Å². The summed E-state index contributed by atoms with van der Waals surface area (Å²) in [5.41, 5.74) is -0.281. The molecule has 1 saturated heterocycles. The fourth-order valence-corrected chi connectivity index (χ4v) is 10.6. The summed E-state index contributed by atoms with van der Waals surface area (Å²) in [5, 5.41) is 22.4. The lowest BCUT2D eigenvalue weighted by atomic mass is 9.83. The predicted molar refractivity (Wildman–Crippen MR) is 255 cm³/mol. The normalized spacial score (nSPS) is 20.9. The van der Waals surface area contributed by atoms with Crippen LogP contribution in [0.5, 0.6) is 11.5 Å². The number of hydrogen-bond donors (Lipinski definition) is 2. The smallest absolute Gasteiger partial charge is 0.457 e. The number of carbonyl (C=O) groups is 1. The summed E-state index contributed by atoms with van der Waals surface area (Å²) in [6.07, 6.45) is -2.45. The Hall–Kier alpha value is -3.02. The Bertz CT molecular complexity index is 1910. The van der Waals surface area contributed by atoms with Gasteiger partial charge in [0.25, 0.3) is 5.69 Å². The van der Waals surface area contributed by atoms with Crippen LogP contribution in [0.25, 0.3) is 0 Å². The molecule has 63 heavy (non-hydrogen) atoms. The van der Waals surface area contributed by atoms with Crippen molar-refractivity contribution in [3.05, 3.63) is 68.3 Å². The van der Waals surface area contributed by atoms with Gasteiger partial charge in [-0.25, -0.2) is 4.79 Å². The first-order valence-corrected chi connectivity index (χ1v) is 33.5. The molecule has 0 radical (unpaired) electrons. The van der Waals surface area contributed by atoms with Gasteiger partial charge >= 0.3 is 11.8 Å². The average Bonchev–Trinajstić information content (AvgIpc) is 3.10. The molecule has 2 aromatic rings. The van der Waals surface area contributed by atoms with E-state index in [4.69, 9.17) is 27.8 Å². The number of ether oxygens (including phenoxy) is 4. The van der Waals surface area contributed by atoms with Crippen LogP contribution in [0.4, 0.5) is 16.2 Å². The highest BCUT2D eigenvalue weighted by Gasteiger charge is 2.57. The molecular weight excluding hydrogens is 877 g/mol. The Morgan fingerprint density at radius 3 is 1.70 bits per heavy atom. The van der Waals surface area contributed by atoms with Gasteiger partial charge in [-0.1, -0.05) is 75.3 Å². The summed E-state index contributed by atoms with van der Waals surface area (Å²) in [7, 11) is -10.7. The van der Waals surface area contributed by atoms with Crippen molar-refractivity contribution in [2.45, 2.75) is 192 Å². The monoisotopic (exact) mass is 952 g/mol. The highest BCUT2D eigenvalue weighted by Crippen LogP contribution is 2.52. The minimum Gasteiger partial charge on any atom is -0.457 e. The molecule has 5 atom stereocenters. The third-order valence-electron chi connectivity index (χ3n) is 14.4. The number of nitro benzene ring substituents is 2. The molecule has 3 rings (SSSR count). The zero-order valence-electron chi connectivity index (χ0n) is 41.0. The molecule has 0 saturated carbocycles. The van der Waals surface area contributed by atoms with Crippen LogP contribution in [-0.4, -0.2) is 83.5 Å². The Morgan fingerprint density at radius 1 is 0.730 bits per heavy atom. The molecule has 0 aromatic heterocycles. The molecule has 0 spiro atoms. The minimum absolute atomic E-state index is 0.0228. The van der Waals surface area contributed by atoms with Crippen LogP contribution in [0.15, 0.2) is 42.5 Å². The Kier molecular flexibility index (Phi) is 16.8. The van der Waals surface area contributed by atoms with Crippen LogP contribution >= 0.6 is 0 Å². The molecule has 0 amide bonds. The standard InChI is InChI=1S/C44H76N2O13Si4/c1-41(2,3)62(15,16)58-37-33(28-44(9,10)61(13,14)53)39(57-36(25-26-43(7,8)60(11,12)52)38(37)59-63(17,18)42(4,5)6)56-35-24-19-30(27-34(35)46(50)51)29-54-40(47)55-32-22-20-31(21-23-32)45(48)49/h19-24,27,33,36-39,52-53H,25-26,28-29H2,1-18H3/t33-,36?,37?,38-,39+/m0/s1. The van der Waals surface area contributed by atoms with Crippen molar-refractivity contribution < 1.29 is 52.0 Å². The second-order valence-electron chi connectivity index (χ2n) is 22.6. The van der Waals surface area contributed by atoms with Gasteiger partial charge in [0, 0.05) is 24.1 Å². The summed E-state index contributed by atoms with van der Waals surface area (Å²) in [4.78, 5) is 58.3. The maximum Gasteiger partial charge on any atom is 0.514 e. The minimum atomic E-state index is -2.88. The summed E-state index contributed by atoms with van der Waals surface area (Å²) in [5.74, 6) is -0.606. The van der Waals surface area contributed by atoms with Crippen LogP contribution in [0, 0.1) is 26.1 Å². The molecule has 1 fully saturated rings. The molecule has 1 aliphatic heterocycles. The summed E-state index contributed by atoms with van der Waals surface area (Å²) >= 11 is 0. The van der Waals surface area contributed by atoms with Gasteiger partial charge in [-0.15, -0.1) is 0 Å². The second kappa shape index (κ2) is 19.4. The van der Waals surface area contributed by atoms with Gasteiger partial charge in [0.2, 0.25) is 6.29 Å². The van der Waals surface area contributed by atoms with Crippen molar-refractivity contribution in [1.29, 1.82) is 0 Å². The first-order chi connectivity index (χ1) is 28.3. The van der Waals surface area contributed by atoms with Crippen molar-refractivity contribution in [2.24, 2.45) is 5.92 Å². The van der Waals surface area contributed by atoms with E-state index in [1.165, 1.54) is 36.4 Å². The van der Waals surface area contributed by atoms with Crippen LogP contribution in [0.3, 0.4) is 0 Å². The molecule has 1 aliphatic rings. The Balaban J connectivity index is 2.19. The number of benzene rings is 2. The fraction of sp³-hybridized carbons (Fsp3) is 0.705. The van der Waals surface area contributed by atoms with Crippen LogP contribution in [0.1, 0.15) is 94.1 Å². The van der Waals surface area contributed by atoms with Gasteiger partial charge < -0.3 is 37.4 Å². The fourth-order valence-electron chi connectivity index (χ4n) is 6.42. The zero-order chi connectivity index (χ0) is 48.5. The van der Waals surface area contributed by atoms with Crippen LogP contribution in [-0.2, 0) is 24.9 Å².